The maximum atomic E-state index is 5.39. The van der Waals surface area contributed by atoms with Crippen LogP contribution in [0.2, 0.25) is 0 Å². The lowest BCUT2D eigenvalue weighted by molar-refractivity contribution is 0.414. The number of hydrogen-bond acceptors (Lipinski definition) is 7. The number of thioether (sulfide) groups is 4. The number of rotatable bonds is 8. The summed E-state index contributed by atoms with van der Waals surface area (Å²) < 4.78 is 7.09. The van der Waals surface area contributed by atoms with E-state index in [2.05, 4.69) is 72.8 Å². The highest BCUT2D eigenvalue weighted by atomic mass is 32.2. The molecule has 0 atom stereocenters. The van der Waals surface area contributed by atoms with Crippen LogP contribution in [-0.2, 0) is 17.3 Å². The van der Waals surface area contributed by atoms with Crippen molar-refractivity contribution in [2.75, 3.05) is 7.11 Å². The molecule has 0 amide bonds. The highest BCUT2D eigenvalue weighted by Gasteiger charge is 2.03. The Morgan fingerprint density at radius 1 is 0.541 bits per heavy atom. The second-order valence-corrected chi connectivity index (χ2v) is 14.0. The van der Waals surface area contributed by atoms with Gasteiger partial charge in [-0.15, -0.1) is 35.3 Å². The molecule has 1 nitrogen and oxygen atoms in total. The average molecular weight is 597 g/mol. The second kappa shape index (κ2) is 17.7. The van der Waals surface area contributed by atoms with Crippen molar-refractivity contribution in [1.29, 1.82) is 0 Å². The molecule has 0 N–H and O–H groups in total. The summed E-state index contributed by atoms with van der Waals surface area (Å²) in [6.07, 6.45) is 0. The fourth-order valence-electron chi connectivity index (χ4n) is 2.96. The zero-order valence-electron chi connectivity index (χ0n) is 20.4. The summed E-state index contributed by atoms with van der Waals surface area (Å²) in [5, 5.41) is 0. The minimum absolute atomic E-state index is 0.868. The van der Waals surface area contributed by atoms with Crippen molar-refractivity contribution in [3.05, 3.63) is 132 Å². The van der Waals surface area contributed by atoms with Gasteiger partial charge in [0.15, 0.2) is 0 Å². The molecule has 7 heteroatoms. The quantitative estimate of drug-likeness (QED) is 0.146. The molecular formula is C30H28OS6. The van der Waals surface area contributed by atoms with Gasteiger partial charge in [-0.05, 0) is 41.0 Å². The minimum atomic E-state index is 0.868. The predicted molar refractivity (Wildman–Crippen MR) is 177 cm³/mol. The maximum Gasteiger partial charge on any atom is 0.118 e. The number of benzene rings is 4. The molecule has 37 heavy (non-hydrogen) atoms. The molecule has 190 valence electrons. The third-order valence-electron chi connectivity index (χ3n) is 4.86. The predicted octanol–water partition coefficient (Wildman–Crippen LogP) is 10.1. The minimum Gasteiger partial charge on any atom is -0.497 e. The summed E-state index contributed by atoms with van der Waals surface area (Å²) in [7, 11) is 1.67. The van der Waals surface area contributed by atoms with Crippen LogP contribution >= 0.6 is 71.5 Å². The molecule has 0 saturated heterocycles. The van der Waals surface area contributed by atoms with Gasteiger partial charge in [0.25, 0.3) is 0 Å². The van der Waals surface area contributed by atoms with Crippen molar-refractivity contribution in [2.24, 2.45) is 0 Å². The Balaban J connectivity index is 0.000000206. The number of ether oxygens (including phenoxy) is 1. The van der Waals surface area contributed by atoms with E-state index < -0.39 is 0 Å². The lowest BCUT2D eigenvalue weighted by Gasteiger charge is -2.05. The van der Waals surface area contributed by atoms with E-state index in [-0.39, 0.29) is 0 Å². The Kier molecular flexibility index (Phi) is 14.3. The van der Waals surface area contributed by atoms with Gasteiger partial charge in [0, 0.05) is 22.2 Å². The van der Waals surface area contributed by atoms with E-state index in [1.165, 1.54) is 16.7 Å². The van der Waals surface area contributed by atoms with Crippen molar-refractivity contribution in [1.82, 2.24) is 0 Å². The first-order valence-electron chi connectivity index (χ1n) is 11.5. The van der Waals surface area contributed by atoms with Crippen LogP contribution in [0.15, 0.2) is 120 Å². The molecule has 4 rings (SSSR count). The molecule has 0 fully saturated rings. The van der Waals surface area contributed by atoms with Crippen molar-refractivity contribution in [3.8, 4) is 5.75 Å². The highest BCUT2D eigenvalue weighted by molar-refractivity contribution is 8.47. The molecule has 0 aliphatic carbocycles. The Hall–Kier alpha value is -1.74. The first kappa shape index (κ1) is 29.8. The fraction of sp³-hybridized carbons (Fsp3) is 0.133. The number of methoxy groups -OCH3 is 1. The largest absolute Gasteiger partial charge is 0.497 e. The van der Waals surface area contributed by atoms with Gasteiger partial charge in [-0.3, -0.25) is 0 Å². The molecular weight excluding hydrogens is 569 g/mol. The normalized spacial score (nSPS) is 10.2. The molecule has 0 unspecified atom stereocenters. The summed E-state index contributed by atoms with van der Waals surface area (Å²) >= 11 is 17.6. The summed E-state index contributed by atoms with van der Waals surface area (Å²) in [6, 6.07) is 39.2. The lowest BCUT2D eigenvalue weighted by Crippen LogP contribution is -1.86. The Morgan fingerprint density at radius 3 is 1.30 bits per heavy atom. The van der Waals surface area contributed by atoms with E-state index in [1.54, 1.807) is 54.2 Å². The Morgan fingerprint density at radius 2 is 0.919 bits per heavy atom. The second-order valence-electron chi connectivity index (χ2n) is 7.60. The van der Waals surface area contributed by atoms with Crippen molar-refractivity contribution >= 4 is 78.5 Å². The van der Waals surface area contributed by atoms with Gasteiger partial charge in [-0.2, -0.15) is 0 Å². The van der Waals surface area contributed by atoms with Crippen LogP contribution in [0.25, 0.3) is 0 Å². The molecule has 0 radical (unpaired) electrons. The number of hydrogen-bond donors (Lipinski definition) is 0. The van der Waals surface area contributed by atoms with E-state index in [9.17, 15) is 0 Å². The van der Waals surface area contributed by atoms with Gasteiger partial charge in [-0.1, -0.05) is 127 Å². The van der Waals surface area contributed by atoms with Gasteiger partial charge in [0.2, 0.25) is 0 Å². The smallest absolute Gasteiger partial charge is 0.118 e. The van der Waals surface area contributed by atoms with Crippen molar-refractivity contribution < 1.29 is 4.74 Å². The SMILES string of the molecule is COc1ccc(SC(=S)SCc2ccccc2)cc1.S=C(SCc1ccccc1)SCc1ccccc1. The van der Waals surface area contributed by atoms with Crippen LogP contribution < -0.4 is 4.74 Å². The summed E-state index contributed by atoms with van der Waals surface area (Å²) in [4.78, 5) is 1.14. The zero-order chi connectivity index (χ0) is 26.1. The molecule has 0 aliphatic heterocycles. The molecule has 0 aliphatic rings. The van der Waals surface area contributed by atoms with Crippen LogP contribution in [0.1, 0.15) is 16.7 Å². The third-order valence-corrected chi connectivity index (χ3v) is 10.3. The molecule has 0 bridgehead atoms. The first-order valence-corrected chi connectivity index (χ1v) is 16.1. The first-order chi connectivity index (χ1) is 18.1. The molecule has 4 aromatic carbocycles. The zero-order valence-corrected chi connectivity index (χ0v) is 25.3. The van der Waals surface area contributed by atoms with Crippen LogP contribution in [0.4, 0.5) is 0 Å². The molecule has 0 saturated carbocycles. The molecule has 0 spiro atoms. The molecule has 4 aromatic rings. The van der Waals surface area contributed by atoms with Crippen LogP contribution in [0.5, 0.6) is 5.75 Å². The summed E-state index contributed by atoms with van der Waals surface area (Å²) in [5.41, 5.74) is 3.94. The fourth-order valence-corrected chi connectivity index (χ4v) is 7.06. The third kappa shape index (κ3) is 12.6. The van der Waals surface area contributed by atoms with Gasteiger partial charge in [0.05, 0.1) is 7.11 Å². The van der Waals surface area contributed by atoms with Gasteiger partial charge < -0.3 is 4.74 Å². The molecule has 0 heterocycles. The van der Waals surface area contributed by atoms with E-state index in [0.717, 1.165) is 35.0 Å². The Labute approximate surface area is 248 Å². The van der Waals surface area contributed by atoms with Crippen molar-refractivity contribution in [3.63, 3.8) is 0 Å². The van der Waals surface area contributed by atoms with Crippen LogP contribution in [0.3, 0.4) is 0 Å². The van der Waals surface area contributed by atoms with Crippen LogP contribution in [-0.4, -0.2) is 14.2 Å². The summed E-state index contributed by atoms with van der Waals surface area (Å²) in [5.74, 6) is 3.71. The van der Waals surface area contributed by atoms with E-state index in [1.807, 2.05) is 42.5 Å². The van der Waals surface area contributed by atoms with E-state index >= 15 is 0 Å². The van der Waals surface area contributed by atoms with E-state index in [0.29, 0.717) is 0 Å². The summed E-state index contributed by atoms with van der Waals surface area (Å²) in [6.45, 7) is 0. The standard InChI is InChI=1S/C15H14OS3.C15H14S3/c1-16-13-7-9-14(10-8-13)19-15(17)18-11-12-5-3-2-4-6-12;16-15(17-11-13-7-3-1-4-8-13)18-12-14-9-5-2-6-10-14/h2-10H,11H2,1H3;1-10H,11-12H2. The van der Waals surface area contributed by atoms with Crippen molar-refractivity contribution in [2.45, 2.75) is 22.2 Å². The van der Waals surface area contributed by atoms with Crippen LogP contribution in [0, 0.1) is 0 Å². The van der Waals surface area contributed by atoms with Gasteiger partial charge >= 0.3 is 0 Å². The van der Waals surface area contributed by atoms with E-state index in [4.69, 9.17) is 29.2 Å². The maximum absolute atomic E-state index is 5.39. The Bertz CT molecular complexity index is 1150. The van der Waals surface area contributed by atoms with Gasteiger partial charge in [0.1, 0.15) is 12.8 Å². The molecule has 0 aromatic heterocycles. The lowest BCUT2D eigenvalue weighted by atomic mass is 10.2. The highest BCUT2D eigenvalue weighted by Crippen LogP contribution is 2.29. The topological polar surface area (TPSA) is 9.23 Å². The monoisotopic (exact) mass is 596 g/mol. The van der Waals surface area contributed by atoms with Gasteiger partial charge in [-0.25, -0.2) is 0 Å². The number of thiocarbonyl (C=S) groups is 2. The average Bonchev–Trinajstić information content (AvgIpc) is 2.96.